The second kappa shape index (κ2) is 6.98. The van der Waals surface area contributed by atoms with Gasteiger partial charge in [0.15, 0.2) is 0 Å². The van der Waals surface area contributed by atoms with Gasteiger partial charge in [0.1, 0.15) is 11.3 Å². The number of carbonyl (C=O) groups excluding carboxylic acids is 1. The molecule has 3 N–H and O–H groups in total. The van der Waals surface area contributed by atoms with Gasteiger partial charge in [-0.15, -0.1) is 0 Å². The molecule has 104 valence electrons. The van der Waals surface area contributed by atoms with Crippen LogP contribution in [-0.4, -0.2) is 28.9 Å². The van der Waals surface area contributed by atoms with Crippen molar-refractivity contribution in [2.24, 2.45) is 0 Å². The summed E-state index contributed by atoms with van der Waals surface area (Å²) in [5.41, 5.74) is 5.22. The smallest absolute Gasteiger partial charge is 0.304 e. The van der Waals surface area contributed by atoms with E-state index in [2.05, 4.69) is 5.32 Å². The molecule has 0 radical (unpaired) electrons. The summed E-state index contributed by atoms with van der Waals surface area (Å²) in [7, 11) is 0. The van der Waals surface area contributed by atoms with Crippen molar-refractivity contribution < 1.29 is 9.72 Å². The molecule has 6 nitrogen and oxygen atoms in total. The summed E-state index contributed by atoms with van der Waals surface area (Å²) in [6.07, 6.45) is 2.71. The van der Waals surface area contributed by atoms with Crippen LogP contribution in [0.4, 0.5) is 11.4 Å². The fourth-order valence-corrected chi connectivity index (χ4v) is 2.40. The zero-order valence-corrected chi connectivity index (χ0v) is 11.7. The van der Waals surface area contributed by atoms with Crippen LogP contribution in [-0.2, 0) is 0 Å². The van der Waals surface area contributed by atoms with Gasteiger partial charge in [-0.25, -0.2) is 0 Å². The molecule has 1 aromatic carbocycles. The minimum atomic E-state index is -0.625. The van der Waals surface area contributed by atoms with Gasteiger partial charge in [-0.05, 0) is 24.8 Å². The monoisotopic (exact) mass is 283 g/mol. The van der Waals surface area contributed by atoms with Gasteiger partial charge >= 0.3 is 5.69 Å². The number of anilines is 1. The van der Waals surface area contributed by atoms with Crippen LogP contribution in [0.2, 0.25) is 0 Å². The number of para-hydroxylation sites is 1. The normalized spacial score (nSPS) is 11.9. The molecule has 0 aromatic heterocycles. The topological polar surface area (TPSA) is 98.3 Å². The van der Waals surface area contributed by atoms with Crippen molar-refractivity contribution in [3.8, 4) is 0 Å². The molecule has 1 unspecified atom stereocenters. The molecular weight excluding hydrogens is 266 g/mol. The third-order valence-electron chi connectivity index (χ3n) is 2.69. The van der Waals surface area contributed by atoms with Crippen LogP contribution in [0, 0.1) is 10.1 Å². The summed E-state index contributed by atoms with van der Waals surface area (Å²) in [5.74, 6) is 0.304. The van der Waals surface area contributed by atoms with E-state index in [0.29, 0.717) is 0 Å². The molecule has 1 aromatic rings. The number of nitrogens with two attached hydrogens (primary N) is 1. The molecular formula is C12H17N3O3S. The lowest BCUT2D eigenvalue weighted by Crippen LogP contribution is -2.36. The minimum absolute atomic E-state index is 0.00411. The maximum atomic E-state index is 12.1. The Bertz CT molecular complexity index is 479. The Morgan fingerprint density at radius 2 is 2.26 bits per heavy atom. The van der Waals surface area contributed by atoms with E-state index in [1.165, 1.54) is 18.2 Å². The van der Waals surface area contributed by atoms with Gasteiger partial charge in [-0.2, -0.15) is 11.8 Å². The Morgan fingerprint density at radius 3 is 2.79 bits per heavy atom. The zero-order chi connectivity index (χ0) is 14.4. The highest BCUT2D eigenvalue weighted by atomic mass is 32.2. The van der Waals surface area contributed by atoms with Gasteiger partial charge in [-0.1, -0.05) is 13.0 Å². The van der Waals surface area contributed by atoms with Crippen molar-refractivity contribution in [3.05, 3.63) is 33.9 Å². The summed E-state index contributed by atoms with van der Waals surface area (Å²) in [5, 5.41) is 13.8. The van der Waals surface area contributed by atoms with Gasteiger partial charge < -0.3 is 11.1 Å². The summed E-state index contributed by atoms with van der Waals surface area (Å²) < 4.78 is 0. The SMILES string of the molecule is CCC(CSC)NC(=O)c1cccc(N)c1[N+](=O)[O-]. The molecule has 0 heterocycles. The van der Waals surface area contributed by atoms with Crippen molar-refractivity contribution in [1.82, 2.24) is 5.32 Å². The maximum absolute atomic E-state index is 12.1. The third kappa shape index (κ3) is 3.85. The number of nitrogen functional groups attached to an aromatic ring is 1. The molecule has 0 saturated heterocycles. The highest BCUT2D eigenvalue weighted by molar-refractivity contribution is 7.98. The van der Waals surface area contributed by atoms with Gasteiger partial charge in [0.05, 0.1) is 4.92 Å². The number of amides is 1. The molecule has 1 atom stereocenters. The average Bonchev–Trinajstić information content (AvgIpc) is 2.37. The highest BCUT2D eigenvalue weighted by Crippen LogP contribution is 2.25. The summed E-state index contributed by atoms with van der Waals surface area (Å²) in [6.45, 7) is 1.95. The van der Waals surface area contributed by atoms with Gasteiger partial charge in [0.2, 0.25) is 0 Å². The fraction of sp³-hybridized carbons (Fsp3) is 0.417. The highest BCUT2D eigenvalue weighted by Gasteiger charge is 2.24. The standard InChI is InChI=1S/C12H17N3O3S/c1-3-8(7-19-2)14-12(16)9-5-4-6-10(13)11(9)15(17)18/h4-6,8H,3,7,13H2,1-2H3,(H,14,16). The lowest BCUT2D eigenvalue weighted by atomic mass is 10.1. The number of nitrogens with one attached hydrogen (secondary N) is 1. The number of thioether (sulfide) groups is 1. The average molecular weight is 283 g/mol. The van der Waals surface area contributed by atoms with Crippen molar-refractivity contribution in [2.45, 2.75) is 19.4 Å². The molecule has 0 fully saturated rings. The predicted molar refractivity (Wildman–Crippen MR) is 77.4 cm³/mol. The number of benzene rings is 1. The number of hydrogen-bond acceptors (Lipinski definition) is 5. The first-order chi connectivity index (χ1) is 9.01. The van der Waals surface area contributed by atoms with E-state index in [-0.39, 0.29) is 23.0 Å². The molecule has 19 heavy (non-hydrogen) atoms. The quantitative estimate of drug-likeness (QED) is 0.473. The fourth-order valence-electron chi connectivity index (χ4n) is 1.67. The minimum Gasteiger partial charge on any atom is -0.393 e. The number of nitro benzene ring substituents is 1. The molecule has 0 spiro atoms. The van der Waals surface area contributed by atoms with Crippen LogP contribution in [0.3, 0.4) is 0 Å². The van der Waals surface area contributed by atoms with Crippen LogP contribution >= 0.6 is 11.8 Å². The molecule has 0 aliphatic rings. The molecule has 1 rings (SSSR count). The van der Waals surface area contributed by atoms with Gasteiger partial charge in [0, 0.05) is 11.8 Å². The Morgan fingerprint density at radius 1 is 1.58 bits per heavy atom. The van der Waals surface area contributed by atoms with Crippen molar-refractivity contribution >= 4 is 29.0 Å². The maximum Gasteiger partial charge on any atom is 0.304 e. The van der Waals surface area contributed by atoms with Crippen LogP contribution in [0.15, 0.2) is 18.2 Å². The largest absolute Gasteiger partial charge is 0.393 e. The number of rotatable bonds is 6. The zero-order valence-electron chi connectivity index (χ0n) is 10.9. The number of carbonyl (C=O) groups is 1. The first kappa shape index (κ1) is 15.3. The molecule has 1 amide bonds. The lowest BCUT2D eigenvalue weighted by Gasteiger charge is -2.15. The van der Waals surface area contributed by atoms with Crippen LogP contribution in [0.25, 0.3) is 0 Å². The van der Waals surface area contributed by atoms with E-state index in [9.17, 15) is 14.9 Å². The number of nitro groups is 1. The van der Waals surface area contributed by atoms with Crippen LogP contribution in [0.5, 0.6) is 0 Å². The van der Waals surface area contributed by atoms with E-state index in [0.717, 1.165) is 12.2 Å². The van der Waals surface area contributed by atoms with Gasteiger partial charge in [-0.3, -0.25) is 14.9 Å². The Labute approximate surface area is 115 Å². The van der Waals surface area contributed by atoms with Crippen molar-refractivity contribution in [2.75, 3.05) is 17.7 Å². The first-order valence-corrected chi connectivity index (χ1v) is 7.23. The van der Waals surface area contributed by atoms with Crippen LogP contribution in [0.1, 0.15) is 23.7 Å². The van der Waals surface area contributed by atoms with Gasteiger partial charge in [0.25, 0.3) is 5.91 Å². The molecule has 0 aliphatic heterocycles. The predicted octanol–water partition coefficient (Wildman–Crippen LogP) is 2.05. The summed E-state index contributed by atoms with van der Waals surface area (Å²) in [6, 6.07) is 4.35. The molecule has 0 aliphatic carbocycles. The van der Waals surface area contributed by atoms with E-state index in [4.69, 9.17) is 5.73 Å². The van der Waals surface area contributed by atoms with E-state index >= 15 is 0 Å². The number of nitrogens with zero attached hydrogens (tertiary/aromatic N) is 1. The Kier molecular flexibility index (Phi) is 5.62. The lowest BCUT2D eigenvalue weighted by molar-refractivity contribution is -0.384. The Hall–Kier alpha value is -1.76. The summed E-state index contributed by atoms with van der Waals surface area (Å²) >= 11 is 1.61. The molecule has 0 saturated carbocycles. The number of hydrogen-bond donors (Lipinski definition) is 2. The second-order valence-corrected chi connectivity index (χ2v) is 4.95. The van der Waals surface area contributed by atoms with Crippen molar-refractivity contribution in [3.63, 3.8) is 0 Å². The second-order valence-electron chi connectivity index (χ2n) is 4.03. The van der Waals surface area contributed by atoms with E-state index < -0.39 is 10.8 Å². The third-order valence-corrected chi connectivity index (χ3v) is 3.43. The molecule has 7 heteroatoms. The summed E-state index contributed by atoms with van der Waals surface area (Å²) in [4.78, 5) is 22.4. The van der Waals surface area contributed by atoms with Crippen molar-refractivity contribution in [1.29, 1.82) is 0 Å². The molecule has 0 bridgehead atoms. The van der Waals surface area contributed by atoms with E-state index in [1.807, 2.05) is 13.2 Å². The van der Waals surface area contributed by atoms with E-state index in [1.54, 1.807) is 11.8 Å². The Balaban J connectivity index is 3.00. The first-order valence-electron chi connectivity index (χ1n) is 5.83. The van der Waals surface area contributed by atoms with Crippen LogP contribution < -0.4 is 11.1 Å².